The van der Waals surface area contributed by atoms with E-state index in [9.17, 15) is 24.3 Å². The zero-order chi connectivity index (χ0) is 29.5. The lowest BCUT2D eigenvalue weighted by molar-refractivity contribution is -0.140. The van der Waals surface area contributed by atoms with Crippen molar-refractivity contribution >= 4 is 29.8 Å². The van der Waals surface area contributed by atoms with Crippen LogP contribution in [0.1, 0.15) is 65.7 Å². The molecule has 0 fully saturated rings. The van der Waals surface area contributed by atoms with Crippen LogP contribution in [0.2, 0.25) is 0 Å². The predicted octanol–water partition coefficient (Wildman–Crippen LogP) is 2.92. The molecule has 0 aromatic heterocycles. The van der Waals surface area contributed by atoms with Gasteiger partial charge in [-0.2, -0.15) is 0 Å². The van der Waals surface area contributed by atoms with Gasteiger partial charge in [-0.15, -0.1) is 0 Å². The number of allylic oxidation sites excluding steroid dienone is 1. The number of aryl methyl sites for hydroxylation is 1. The van der Waals surface area contributed by atoms with Crippen LogP contribution in [0.5, 0.6) is 0 Å². The van der Waals surface area contributed by atoms with Gasteiger partial charge in [-0.05, 0) is 59.9 Å². The van der Waals surface area contributed by atoms with Crippen LogP contribution >= 0.6 is 0 Å². The van der Waals surface area contributed by atoms with E-state index in [1.54, 1.807) is 4.90 Å². The molecule has 2 aromatic rings. The van der Waals surface area contributed by atoms with Crippen molar-refractivity contribution < 1.29 is 24.3 Å². The number of nitrogens with one attached hydrogen (secondary N) is 3. The van der Waals surface area contributed by atoms with Crippen LogP contribution in [0.4, 0.5) is 0 Å². The van der Waals surface area contributed by atoms with Crippen LogP contribution < -0.4 is 16.0 Å². The largest absolute Gasteiger partial charge is 0.480 e. The number of nitrogens with zero attached hydrogens (tertiary/aromatic N) is 1. The molecule has 9 heteroatoms. The monoisotopic (exact) mass is 560 g/mol. The Balaban J connectivity index is 1.42. The highest BCUT2D eigenvalue weighted by atomic mass is 16.4. The van der Waals surface area contributed by atoms with Crippen molar-refractivity contribution in [3.63, 3.8) is 0 Å². The second kappa shape index (κ2) is 13.6. The molecule has 1 aliphatic heterocycles. The van der Waals surface area contributed by atoms with Gasteiger partial charge in [0.1, 0.15) is 12.1 Å². The Hall–Kier alpha value is -3.98. The molecule has 41 heavy (non-hydrogen) atoms. The standard InChI is InChI=1S/C32H40N4O5/c1-20(2)15-27(30(38)35-28(29(37)33-3)16-21-9-5-4-6-10-21)34-26(32(40)41)13-14-36-19-24-17-22-11-7-8-12-23(22)18-25(24)31(36)39/h4-6,8-10,12,17-18,20,26-28,34H,7,11,13-16,19H2,1-3H3,(H,33,37)(H,35,38)(H,40,41)/t26-,27+,28+/m1/s1. The zero-order valence-electron chi connectivity index (χ0n) is 24.0. The summed E-state index contributed by atoms with van der Waals surface area (Å²) in [6.45, 7) is 4.59. The molecule has 0 saturated heterocycles. The molecule has 9 nitrogen and oxygen atoms in total. The number of carboxylic acids is 1. The van der Waals surface area contributed by atoms with Crippen molar-refractivity contribution in [1.82, 2.24) is 20.9 Å². The van der Waals surface area contributed by atoms with Gasteiger partial charge in [-0.1, -0.05) is 62.4 Å². The van der Waals surface area contributed by atoms with Crippen molar-refractivity contribution in [1.29, 1.82) is 0 Å². The molecule has 1 aliphatic carbocycles. The van der Waals surface area contributed by atoms with Gasteiger partial charge in [0.15, 0.2) is 0 Å². The summed E-state index contributed by atoms with van der Waals surface area (Å²) >= 11 is 0. The summed E-state index contributed by atoms with van der Waals surface area (Å²) in [6.07, 6.45) is 6.92. The minimum absolute atomic E-state index is 0.0926. The number of carbonyl (C=O) groups is 4. The van der Waals surface area contributed by atoms with Crippen molar-refractivity contribution in [2.45, 2.75) is 70.6 Å². The van der Waals surface area contributed by atoms with Gasteiger partial charge in [0, 0.05) is 32.1 Å². The Labute approximate surface area is 241 Å². The van der Waals surface area contributed by atoms with Crippen molar-refractivity contribution in [3.05, 3.63) is 76.4 Å². The normalized spacial score (nSPS) is 16.1. The maximum absolute atomic E-state index is 13.4. The Morgan fingerprint density at radius 2 is 1.76 bits per heavy atom. The number of fused-ring (bicyclic) bond motifs is 2. The first-order valence-electron chi connectivity index (χ1n) is 14.3. The molecule has 3 atom stereocenters. The number of carboxylic acid groups (broad SMARTS) is 1. The lowest BCUT2D eigenvalue weighted by Crippen LogP contribution is -2.56. The molecule has 0 bridgehead atoms. The summed E-state index contributed by atoms with van der Waals surface area (Å²) in [6, 6.07) is 10.7. The summed E-state index contributed by atoms with van der Waals surface area (Å²) in [7, 11) is 1.51. The first-order chi connectivity index (χ1) is 19.7. The number of hydrogen-bond donors (Lipinski definition) is 4. The van der Waals surface area contributed by atoms with E-state index in [2.05, 4.69) is 28.1 Å². The fourth-order valence-corrected chi connectivity index (χ4v) is 5.53. The lowest BCUT2D eigenvalue weighted by Gasteiger charge is -2.27. The highest BCUT2D eigenvalue weighted by Crippen LogP contribution is 2.29. The zero-order valence-corrected chi connectivity index (χ0v) is 24.0. The number of carbonyl (C=O) groups excluding carboxylic acids is 3. The maximum atomic E-state index is 13.4. The summed E-state index contributed by atoms with van der Waals surface area (Å²) in [5.74, 6) is -1.86. The van der Waals surface area contributed by atoms with E-state index >= 15 is 0 Å². The smallest absolute Gasteiger partial charge is 0.320 e. The third-order valence-corrected chi connectivity index (χ3v) is 7.70. The fourth-order valence-electron chi connectivity index (χ4n) is 5.53. The molecule has 0 saturated carbocycles. The Bertz CT molecular complexity index is 1310. The highest BCUT2D eigenvalue weighted by Gasteiger charge is 2.33. The Morgan fingerprint density at radius 3 is 2.44 bits per heavy atom. The number of hydrogen-bond acceptors (Lipinski definition) is 5. The lowest BCUT2D eigenvalue weighted by atomic mass is 9.93. The fraction of sp³-hybridized carbons (Fsp3) is 0.438. The summed E-state index contributed by atoms with van der Waals surface area (Å²) in [4.78, 5) is 53.1. The molecular formula is C32H40N4O5. The van der Waals surface area contributed by atoms with E-state index in [-0.39, 0.29) is 30.7 Å². The van der Waals surface area contributed by atoms with Gasteiger partial charge in [0.25, 0.3) is 5.91 Å². The van der Waals surface area contributed by atoms with Crippen LogP contribution in [0.25, 0.3) is 6.08 Å². The number of amides is 3. The molecule has 0 spiro atoms. The summed E-state index contributed by atoms with van der Waals surface area (Å²) in [5.41, 5.74) is 4.84. The van der Waals surface area contributed by atoms with E-state index in [0.29, 0.717) is 24.9 Å². The van der Waals surface area contributed by atoms with E-state index < -0.39 is 30.0 Å². The third-order valence-electron chi connectivity index (χ3n) is 7.70. The van der Waals surface area contributed by atoms with Crippen LogP contribution in [0, 0.1) is 5.92 Å². The maximum Gasteiger partial charge on any atom is 0.320 e. The quantitative estimate of drug-likeness (QED) is 0.298. The molecule has 2 aromatic carbocycles. The van der Waals surface area contributed by atoms with Gasteiger partial charge >= 0.3 is 5.97 Å². The number of rotatable bonds is 13. The molecule has 0 radical (unpaired) electrons. The molecule has 4 rings (SSSR count). The van der Waals surface area contributed by atoms with Gasteiger partial charge < -0.3 is 20.6 Å². The average Bonchev–Trinajstić information content (AvgIpc) is 3.26. The number of benzene rings is 2. The van der Waals surface area contributed by atoms with E-state index in [4.69, 9.17) is 0 Å². The third kappa shape index (κ3) is 7.61. The second-order valence-corrected chi connectivity index (χ2v) is 11.3. The van der Waals surface area contributed by atoms with Crippen molar-refractivity contribution in [2.75, 3.05) is 13.6 Å². The van der Waals surface area contributed by atoms with E-state index in [1.165, 1.54) is 12.6 Å². The van der Waals surface area contributed by atoms with Gasteiger partial charge in [0.05, 0.1) is 6.04 Å². The van der Waals surface area contributed by atoms with Crippen molar-refractivity contribution in [3.8, 4) is 0 Å². The number of likely N-dealkylation sites (N-methyl/N-ethyl adjacent to an activating group) is 1. The predicted molar refractivity (Wildman–Crippen MR) is 157 cm³/mol. The molecule has 3 amide bonds. The molecule has 1 heterocycles. The van der Waals surface area contributed by atoms with E-state index in [1.807, 2.05) is 56.3 Å². The molecule has 2 aliphatic rings. The minimum Gasteiger partial charge on any atom is -0.480 e. The number of aliphatic carboxylic acids is 1. The second-order valence-electron chi connectivity index (χ2n) is 11.3. The summed E-state index contributed by atoms with van der Waals surface area (Å²) < 4.78 is 0. The topological polar surface area (TPSA) is 128 Å². The van der Waals surface area contributed by atoms with Crippen LogP contribution in [-0.2, 0) is 33.8 Å². The average molecular weight is 561 g/mol. The van der Waals surface area contributed by atoms with Gasteiger partial charge in [0.2, 0.25) is 11.8 Å². The Kier molecular flexibility index (Phi) is 9.94. The molecule has 0 unspecified atom stereocenters. The van der Waals surface area contributed by atoms with E-state index in [0.717, 1.165) is 29.5 Å². The minimum atomic E-state index is -1.09. The SMILES string of the molecule is CNC(=O)[C@H](Cc1ccccc1)NC(=O)[C@H](CC(C)C)N[C@H](CCN1Cc2cc3c(cc2C1=O)C=CCC3)C(=O)O. The molecule has 218 valence electrons. The first-order valence-corrected chi connectivity index (χ1v) is 14.3. The first kappa shape index (κ1) is 30.0. The summed E-state index contributed by atoms with van der Waals surface area (Å²) in [5, 5.41) is 18.5. The van der Waals surface area contributed by atoms with Crippen LogP contribution in [0.3, 0.4) is 0 Å². The Morgan fingerprint density at radius 1 is 1.00 bits per heavy atom. The van der Waals surface area contributed by atoms with Gasteiger partial charge in [-0.25, -0.2) is 0 Å². The highest BCUT2D eigenvalue weighted by molar-refractivity contribution is 5.99. The van der Waals surface area contributed by atoms with Crippen molar-refractivity contribution in [2.24, 2.45) is 5.92 Å². The molecule has 4 N–H and O–H groups in total. The molecular weight excluding hydrogens is 520 g/mol. The van der Waals surface area contributed by atoms with Crippen LogP contribution in [0.15, 0.2) is 48.5 Å². The van der Waals surface area contributed by atoms with Gasteiger partial charge in [-0.3, -0.25) is 24.5 Å². The van der Waals surface area contributed by atoms with Crippen LogP contribution in [-0.4, -0.2) is 65.4 Å².